The highest BCUT2D eigenvalue weighted by Gasteiger charge is 2.25. The molecule has 1 aromatic heterocycles. The molecule has 0 unspecified atom stereocenters. The summed E-state index contributed by atoms with van der Waals surface area (Å²) in [6.45, 7) is 2.67. The summed E-state index contributed by atoms with van der Waals surface area (Å²) >= 11 is 0. The van der Waals surface area contributed by atoms with Gasteiger partial charge in [0.05, 0.1) is 6.04 Å². The molecule has 1 atom stereocenters. The maximum atomic E-state index is 5.82. The van der Waals surface area contributed by atoms with Crippen molar-refractivity contribution in [3.05, 3.63) is 11.8 Å². The van der Waals surface area contributed by atoms with Gasteiger partial charge in [-0.05, 0) is 32.2 Å². The molecule has 5 heteroatoms. The van der Waals surface area contributed by atoms with E-state index in [1.807, 2.05) is 0 Å². The van der Waals surface area contributed by atoms with Crippen molar-refractivity contribution in [3.8, 4) is 0 Å². The third-order valence-corrected chi connectivity index (χ3v) is 3.64. The molecule has 5 nitrogen and oxygen atoms in total. The minimum atomic E-state index is 0.268. The van der Waals surface area contributed by atoms with Gasteiger partial charge in [-0.1, -0.05) is 6.42 Å². The van der Waals surface area contributed by atoms with E-state index in [-0.39, 0.29) is 6.04 Å². The maximum absolute atomic E-state index is 5.82. The van der Waals surface area contributed by atoms with Crippen LogP contribution in [-0.4, -0.2) is 30.0 Å². The molecule has 17 heavy (non-hydrogen) atoms. The number of hydrogen-bond donors (Lipinski definition) is 1. The Kier molecular flexibility index (Phi) is 3.38. The molecular formula is C12H19N3O2. The zero-order valence-corrected chi connectivity index (χ0v) is 10.0. The summed E-state index contributed by atoms with van der Waals surface area (Å²) in [4.78, 5) is 0. The van der Waals surface area contributed by atoms with Crippen LogP contribution in [0.2, 0.25) is 0 Å². The molecule has 3 rings (SSSR count). The number of nitrogens with one attached hydrogen (secondary N) is 1. The summed E-state index contributed by atoms with van der Waals surface area (Å²) in [5.74, 6) is 1.97. The zero-order valence-electron chi connectivity index (χ0n) is 10.0. The second-order valence-corrected chi connectivity index (χ2v) is 4.87. The molecular weight excluding hydrogens is 218 g/mol. The predicted molar refractivity (Wildman–Crippen MR) is 61.7 cm³/mol. The molecule has 2 fully saturated rings. The molecule has 0 bridgehead atoms. The van der Waals surface area contributed by atoms with E-state index < -0.39 is 0 Å². The van der Waals surface area contributed by atoms with E-state index in [4.69, 9.17) is 9.15 Å². The minimum absolute atomic E-state index is 0.268. The number of rotatable bonds is 2. The van der Waals surface area contributed by atoms with Gasteiger partial charge < -0.3 is 14.5 Å². The second-order valence-electron chi connectivity index (χ2n) is 4.87. The predicted octanol–water partition coefficient (Wildman–Crippen LogP) is 1.78. The first-order chi connectivity index (χ1) is 8.43. The Balaban J connectivity index is 1.68. The normalized spacial score (nSPS) is 27.2. The smallest absolute Gasteiger partial charge is 0.233 e. The molecule has 0 amide bonds. The molecule has 3 heterocycles. The van der Waals surface area contributed by atoms with Gasteiger partial charge in [-0.2, -0.15) is 0 Å². The van der Waals surface area contributed by atoms with Crippen LogP contribution in [0.1, 0.15) is 55.8 Å². The van der Waals surface area contributed by atoms with Crippen molar-refractivity contribution in [1.29, 1.82) is 0 Å². The third-order valence-electron chi connectivity index (χ3n) is 3.64. The van der Waals surface area contributed by atoms with Crippen LogP contribution >= 0.6 is 0 Å². The number of hydrogen-bond acceptors (Lipinski definition) is 5. The first-order valence-corrected chi connectivity index (χ1v) is 6.58. The quantitative estimate of drug-likeness (QED) is 0.849. The second kappa shape index (κ2) is 5.14. The topological polar surface area (TPSA) is 60.2 Å². The van der Waals surface area contributed by atoms with Crippen molar-refractivity contribution in [1.82, 2.24) is 15.5 Å². The highest BCUT2D eigenvalue weighted by molar-refractivity contribution is 4.96. The van der Waals surface area contributed by atoms with Crippen LogP contribution in [0, 0.1) is 0 Å². The lowest BCUT2D eigenvalue weighted by molar-refractivity contribution is 0.0789. The minimum Gasteiger partial charge on any atom is -0.423 e. The number of piperidine rings is 1. The van der Waals surface area contributed by atoms with Crippen LogP contribution in [0.5, 0.6) is 0 Å². The van der Waals surface area contributed by atoms with Gasteiger partial charge in [0.25, 0.3) is 0 Å². The van der Waals surface area contributed by atoms with Crippen LogP contribution in [0.3, 0.4) is 0 Å². The van der Waals surface area contributed by atoms with E-state index in [2.05, 4.69) is 15.5 Å². The molecule has 2 aliphatic heterocycles. The number of nitrogens with zero attached hydrogens (tertiary/aromatic N) is 2. The molecule has 1 N–H and O–H groups in total. The van der Waals surface area contributed by atoms with Crippen LogP contribution in [-0.2, 0) is 4.74 Å². The summed E-state index contributed by atoms with van der Waals surface area (Å²) in [5.41, 5.74) is 0. The largest absolute Gasteiger partial charge is 0.423 e. The van der Waals surface area contributed by atoms with E-state index in [0.29, 0.717) is 5.92 Å². The summed E-state index contributed by atoms with van der Waals surface area (Å²) in [7, 11) is 0. The van der Waals surface area contributed by atoms with Crippen molar-refractivity contribution in [2.75, 3.05) is 19.8 Å². The van der Waals surface area contributed by atoms with E-state index in [1.165, 1.54) is 12.8 Å². The summed E-state index contributed by atoms with van der Waals surface area (Å²) in [6, 6.07) is 0.268. The van der Waals surface area contributed by atoms with Gasteiger partial charge in [-0.15, -0.1) is 10.2 Å². The number of ether oxygens (including phenoxy) is 1. The van der Waals surface area contributed by atoms with Gasteiger partial charge >= 0.3 is 0 Å². The standard InChI is InChI=1S/C12H19N3O2/c1-2-6-13-10(3-1)12-15-14-11(17-12)9-4-7-16-8-5-9/h9-10,13H,1-8H2/t10-/m0/s1. The van der Waals surface area contributed by atoms with Crippen molar-refractivity contribution in [2.45, 2.75) is 44.1 Å². The van der Waals surface area contributed by atoms with Gasteiger partial charge in [-0.3, -0.25) is 0 Å². The monoisotopic (exact) mass is 237 g/mol. The van der Waals surface area contributed by atoms with Crippen LogP contribution in [0.25, 0.3) is 0 Å². The van der Waals surface area contributed by atoms with Crippen LogP contribution < -0.4 is 5.32 Å². The summed E-state index contributed by atoms with van der Waals surface area (Å²) < 4.78 is 11.2. The van der Waals surface area contributed by atoms with Gasteiger partial charge in [-0.25, -0.2) is 0 Å². The molecule has 0 radical (unpaired) electrons. The molecule has 0 aromatic carbocycles. The fraction of sp³-hybridized carbons (Fsp3) is 0.833. The molecule has 0 aliphatic carbocycles. The van der Waals surface area contributed by atoms with Crippen molar-refractivity contribution < 1.29 is 9.15 Å². The van der Waals surface area contributed by atoms with Gasteiger partial charge in [0.15, 0.2) is 0 Å². The fourth-order valence-electron chi connectivity index (χ4n) is 2.56. The molecule has 2 saturated heterocycles. The lowest BCUT2D eigenvalue weighted by Crippen LogP contribution is -2.26. The molecule has 0 saturated carbocycles. The van der Waals surface area contributed by atoms with E-state index in [1.54, 1.807) is 0 Å². The Morgan fingerprint density at radius 1 is 1.00 bits per heavy atom. The Morgan fingerprint density at radius 2 is 1.82 bits per heavy atom. The summed E-state index contributed by atoms with van der Waals surface area (Å²) in [6.07, 6.45) is 5.60. The lowest BCUT2D eigenvalue weighted by Gasteiger charge is -2.20. The maximum Gasteiger partial charge on any atom is 0.233 e. The third kappa shape index (κ3) is 2.50. The first-order valence-electron chi connectivity index (χ1n) is 6.58. The van der Waals surface area contributed by atoms with Crippen molar-refractivity contribution >= 4 is 0 Å². The SMILES string of the molecule is C1CC[C@@H](c2nnc(C3CCOCC3)o2)NC1. The highest BCUT2D eigenvalue weighted by atomic mass is 16.5. The molecule has 0 spiro atoms. The zero-order chi connectivity index (χ0) is 11.5. The molecule has 1 aromatic rings. The van der Waals surface area contributed by atoms with Crippen molar-refractivity contribution in [3.63, 3.8) is 0 Å². The van der Waals surface area contributed by atoms with E-state index in [9.17, 15) is 0 Å². The number of aromatic nitrogens is 2. The Labute approximate surface area is 101 Å². The highest BCUT2D eigenvalue weighted by Crippen LogP contribution is 2.28. The Bertz CT molecular complexity index is 322. The van der Waals surface area contributed by atoms with Crippen LogP contribution in [0.4, 0.5) is 0 Å². The van der Waals surface area contributed by atoms with Gasteiger partial charge in [0.1, 0.15) is 0 Å². The fourth-order valence-corrected chi connectivity index (χ4v) is 2.56. The van der Waals surface area contributed by atoms with Crippen molar-refractivity contribution in [2.24, 2.45) is 0 Å². The van der Waals surface area contributed by atoms with Gasteiger partial charge in [0, 0.05) is 19.1 Å². The lowest BCUT2D eigenvalue weighted by atomic mass is 10.0. The van der Waals surface area contributed by atoms with Crippen LogP contribution in [0.15, 0.2) is 4.42 Å². The first kappa shape index (κ1) is 11.2. The summed E-state index contributed by atoms with van der Waals surface area (Å²) in [5, 5.41) is 11.8. The Morgan fingerprint density at radius 3 is 2.59 bits per heavy atom. The van der Waals surface area contributed by atoms with E-state index in [0.717, 1.165) is 50.8 Å². The molecule has 2 aliphatic rings. The average Bonchev–Trinajstić information content (AvgIpc) is 2.90. The van der Waals surface area contributed by atoms with E-state index >= 15 is 0 Å². The molecule has 94 valence electrons. The van der Waals surface area contributed by atoms with Gasteiger partial charge in [0.2, 0.25) is 11.8 Å². The Hall–Kier alpha value is -0.940. The average molecular weight is 237 g/mol.